The van der Waals surface area contributed by atoms with Crippen LogP contribution >= 0.6 is 0 Å². The first kappa shape index (κ1) is 19.5. The standard InChI is InChI=1S/C25H22N2O3/c1-16-7-10-20(27-25(28)21-5-4-6-23(29-2)24(21)30-3)14-22(16)18-9-8-17-11-12-26-15-19(17)13-18/h4-15H,1-3H3,(H,27,28). The Morgan fingerprint density at radius 1 is 0.933 bits per heavy atom. The van der Waals surface area contributed by atoms with Gasteiger partial charge < -0.3 is 14.8 Å². The van der Waals surface area contributed by atoms with Gasteiger partial charge in [0.2, 0.25) is 0 Å². The maximum atomic E-state index is 12.9. The summed E-state index contributed by atoms with van der Waals surface area (Å²) >= 11 is 0. The number of nitrogens with zero attached hydrogens (tertiary/aromatic N) is 1. The molecule has 1 aromatic heterocycles. The van der Waals surface area contributed by atoms with Crippen molar-refractivity contribution >= 4 is 22.4 Å². The van der Waals surface area contributed by atoms with Crippen LogP contribution in [0.15, 0.2) is 73.1 Å². The summed E-state index contributed by atoms with van der Waals surface area (Å²) in [7, 11) is 3.07. The summed E-state index contributed by atoms with van der Waals surface area (Å²) in [5.74, 6) is 0.662. The number of carbonyl (C=O) groups is 1. The maximum Gasteiger partial charge on any atom is 0.259 e. The summed E-state index contributed by atoms with van der Waals surface area (Å²) in [6.07, 6.45) is 3.64. The SMILES string of the molecule is COc1cccc(C(=O)Nc2ccc(C)c(-c3ccc4ccncc4c3)c2)c1OC. The van der Waals surface area contributed by atoms with E-state index in [2.05, 4.69) is 35.4 Å². The van der Waals surface area contributed by atoms with Crippen LogP contribution in [0.5, 0.6) is 11.5 Å². The Hall–Kier alpha value is -3.86. The maximum absolute atomic E-state index is 12.9. The van der Waals surface area contributed by atoms with E-state index < -0.39 is 0 Å². The molecule has 3 aromatic carbocycles. The molecule has 0 atom stereocenters. The van der Waals surface area contributed by atoms with Gasteiger partial charge >= 0.3 is 0 Å². The molecule has 0 unspecified atom stereocenters. The lowest BCUT2D eigenvalue weighted by Crippen LogP contribution is -2.13. The third-order valence-electron chi connectivity index (χ3n) is 5.09. The smallest absolute Gasteiger partial charge is 0.259 e. The highest BCUT2D eigenvalue weighted by Crippen LogP contribution is 2.32. The molecule has 150 valence electrons. The van der Waals surface area contributed by atoms with E-state index in [0.29, 0.717) is 22.7 Å². The van der Waals surface area contributed by atoms with Gasteiger partial charge in [-0.3, -0.25) is 9.78 Å². The molecule has 1 amide bonds. The number of aromatic nitrogens is 1. The average Bonchev–Trinajstić information content (AvgIpc) is 2.79. The largest absolute Gasteiger partial charge is 0.493 e. The van der Waals surface area contributed by atoms with Gasteiger partial charge in [-0.05, 0) is 65.4 Å². The second-order valence-corrected chi connectivity index (χ2v) is 6.96. The molecule has 0 bridgehead atoms. The molecule has 0 spiro atoms. The van der Waals surface area contributed by atoms with Crippen molar-refractivity contribution in [3.05, 3.63) is 84.2 Å². The number of hydrogen-bond donors (Lipinski definition) is 1. The number of pyridine rings is 1. The highest BCUT2D eigenvalue weighted by Gasteiger charge is 2.17. The predicted octanol–water partition coefficient (Wildman–Crippen LogP) is 5.48. The van der Waals surface area contributed by atoms with Crippen molar-refractivity contribution in [1.82, 2.24) is 4.98 Å². The fourth-order valence-electron chi connectivity index (χ4n) is 3.53. The highest BCUT2D eigenvalue weighted by atomic mass is 16.5. The molecule has 0 saturated carbocycles. The quantitative estimate of drug-likeness (QED) is 0.484. The van der Waals surface area contributed by atoms with Crippen molar-refractivity contribution in [3.63, 3.8) is 0 Å². The average molecular weight is 398 g/mol. The molecule has 5 nitrogen and oxygen atoms in total. The zero-order chi connectivity index (χ0) is 21.1. The molecule has 0 aliphatic heterocycles. The Balaban J connectivity index is 1.67. The third-order valence-corrected chi connectivity index (χ3v) is 5.09. The van der Waals surface area contributed by atoms with Gasteiger partial charge in [0.15, 0.2) is 11.5 Å². The number of anilines is 1. The summed E-state index contributed by atoms with van der Waals surface area (Å²) in [4.78, 5) is 17.1. The van der Waals surface area contributed by atoms with Crippen LogP contribution in [0, 0.1) is 6.92 Å². The number of rotatable bonds is 5. The van der Waals surface area contributed by atoms with Gasteiger partial charge in [0.05, 0.1) is 19.8 Å². The second kappa shape index (κ2) is 8.25. The minimum absolute atomic E-state index is 0.261. The number of amides is 1. The normalized spacial score (nSPS) is 10.6. The van der Waals surface area contributed by atoms with E-state index in [-0.39, 0.29) is 5.91 Å². The first-order chi connectivity index (χ1) is 14.6. The van der Waals surface area contributed by atoms with Crippen LogP contribution in [0.4, 0.5) is 5.69 Å². The molecule has 0 radical (unpaired) electrons. The molecule has 0 saturated heterocycles. The van der Waals surface area contributed by atoms with Gasteiger partial charge in [-0.15, -0.1) is 0 Å². The number of benzene rings is 3. The van der Waals surface area contributed by atoms with Crippen LogP contribution in [0.3, 0.4) is 0 Å². The van der Waals surface area contributed by atoms with Crippen LogP contribution < -0.4 is 14.8 Å². The summed E-state index contributed by atoms with van der Waals surface area (Å²) in [6, 6.07) is 19.4. The molecular weight excluding hydrogens is 376 g/mol. The number of aryl methyl sites for hydroxylation is 1. The Morgan fingerprint density at radius 2 is 1.80 bits per heavy atom. The van der Waals surface area contributed by atoms with E-state index in [9.17, 15) is 4.79 Å². The van der Waals surface area contributed by atoms with E-state index >= 15 is 0 Å². The highest BCUT2D eigenvalue weighted by molar-refractivity contribution is 6.07. The van der Waals surface area contributed by atoms with Gasteiger partial charge in [-0.1, -0.05) is 24.3 Å². The summed E-state index contributed by atoms with van der Waals surface area (Å²) < 4.78 is 10.7. The first-order valence-corrected chi connectivity index (χ1v) is 9.58. The molecule has 0 fully saturated rings. The lowest BCUT2D eigenvalue weighted by Gasteiger charge is -2.14. The molecule has 4 aromatic rings. The minimum atomic E-state index is -0.261. The number of ether oxygens (including phenoxy) is 2. The van der Waals surface area contributed by atoms with Crippen LogP contribution in [-0.2, 0) is 0 Å². The van der Waals surface area contributed by atoms with Gasteiger partial charge in [-0.25, -0.2) is 0 Å². The fraction of sp³-hybridized carbons (Fsp3) is 0.120. The van der Waals surface area contributed by atoms with Crippen molar-refractivity contribution in [3.8, 4) is 22.6 Å². The molecule has 1 heterocycles. The molecule has 30 heavy (non-hydrogen) atoms. The number of carbonyl (C=O) groups excluding carboxylic acids is 1. The van der Waals surface area contributed by atoms with Crippen LogP contribution in [0.25, 0.3) is 21.9 Å². The Bertz CT molecular complexity index is 1230. The molecule has 4 rings (SSSR count). The van der Waals surface area contributed by atoms with Crippen molar-refractivity contribution in [2.24, 2.45) is 0 Å². The Labute approximate surface area is 175 Å². The van der Waals surface area contributed by atoms with Crippen molar-refractivity contribution in [1.29, 1.82) is 0 Å². The van der Waals surface area contributed by atoms with Crippen molar-refractivity contribution < 1.29 is 14.3 Å². The summed E-state index contributed by atoms with van der Waals surface area (Å²) in [5, 5.41) is 5.19. The van der Waals surface area contributed by atoms with Crippen LogP contribution in [-0.4, -0.2) is 25.1 Å². The second-order valence-electron chi connectivity index (χ2n) is 6.96. The van der Waals surface area contributed by atoms with E-state index in [1.807, 2.05) is 30.5 Å². The number of hydrogen-bond acceptors (Lipinski definition) is 4. The molecular formula is C25H22N2O3. The monoisotopic (exact) mass is 398 g/mol. The zero-order valence-corrected chi connectivity index (χ0v) is 17.1. The van der Waals surface area contributed by atoms with E-state index in [1.54, 1.807) is 31.5 Å². The van der Waals surface area contributed by atoms with Gasteiger partial charge in [0, 0.05) is 23.5 Å². The molecule has 5 heteroatoms. The number of methoxy groups -OCH3 is 2. The third kappa shape index (κ3) is 3.70. The van der Waals surface area contributed by atoms with Crippen LogP contribution in [0.1, 0.15) is 15.9 Å². The molecule has 0 aliphatic carbocycles. The van der Waals surface area contributed by atoms with Crippen molar-refractivity contribution in [2.45, 2.75) is 6.92 Å². The first-order valence-electron chi connectivity index (χ1n) is 9.58. The topological polar surface area (TPSA) is 60.5 Å². The lowest BCUT2D eigenvalue weighted by molar-refractivity contribution is 0.102. The minimum Gasteiger partial charge on any atom is -0.493 e. The van der Waals surface area contributed by atoms with Gasteiger partial charge in [-0.2, -0.15) is 0 Å². The van der Waals surface area contributed by atoms with E-state index in [4.69, 9.17) is 9.47 Å². The summed E-state index contributed by atoms with van der Waals surface area (Å²) in [6.45, 7) is 2.06. The van der Waals surface area contributed by atoms with Crippen LogP contribution in [0.2, 0.25) is 0 Å². The van der Waals surface area contributed by atoms with Gasteiger partial charge in [0.1, 0.15) is 0 Å². The van der Waals surface area contributed by atoms with Crippen molar-refractivity contribution in [2.75, 3.05) is 19.5 Å². The molecule has 0 aliphatic rings. The van der Waals surface area contributed by atoms with E-state index in [0.717, 1.165) is 27.5 Å². The number of fused-ring (bicyclic) bond motifs is 1. The summed E-state index contributed by atoms with van der Waals surface area (Å²) in [5.41, 5.74) is 4.36. The Morgan fingerprint density at radius 3 is 2.60 bits per heavy atom. The lowest BCUT2D eigenvalue weighted by atomic mass is 9.98. The van der Waals surface area contributed by atoms with E-state index in [1.165, 1.54) is 7.11 Å². The molecule has 1 N–H and O–H groups in total. The Kier molecular flexibility index (Phi) is 5.35. The zero-order valence-electron chi connectivity index (χ0n) is 17.1. The predicted molar refractivity (Wildman–Crippen MR) is 119 cm³/mol. The number of para-hydroxylation sites is 1. The fourth-order valence-corrected chi connectivity index (χ4v) is 3.53. The van der Waals surface area contributed by atoms with Gasteiger partial charge in [0.25, 0.3) is 5.91 Å². The number of nitrogens with one attached hydrogen (secondary N) is 1.